The maximum Gasteiger partial charge on any atom is 0.237 e. The molecular weight excluding hydrogens is 382 g/mol. The number of carbonyl (C=O) groups excluding carboxylic acids is 1. The molecule has 4 aromatic rings. The fourth-order valence-corrected chi connectivity index (χ4v) is 4.07. The summed E-state index contributed by atoms with van der Waals surface area (Å²) in [6.07, 6.45) is 3.47. The van der Waals surface area contributed by atoms with Crippen LogP contribution in [-0.4, -0.2) is 30.9 Å². The lowest BCUT2D eigenvalue weighted by molar-refractivity contribution is -0.115. The van der Waals surface area contributed by atoms with E-state index in [4.69, 9.17) is 0 Å². The molecule has 0 aliphatic rings. The van der Waals surface area contributed by atoms with Crippen LogP contribution in [0.3, 0.4) is 0 Å². The van der Waals surface area contributed by atoms with Gasteiger partial charge in [0.05, 0.1) is 5.25 Å². The molecule has 2 aromatic heterocycles. The Morgan fingerprint density at radius 1 is 1.07 bits per heavy atom. The monoisotopic (exact) mass is 403 g/mol. The van der Waals surface area contributed by atoms with Crippen molar-refractivity contribution in [1.82, 2.24) is 19.7 Å². The molecule has 29 heavy (non-hydrogen) atoms. The topological polar surface area (TPSA) is 72.7 Å². The standard InChI is InChI=1S/C22H21N5OS/c1-3-27-20(17-11-13-23-14-12-17)25-26-22(27)29-15(2)21(28)24-19-10-6-8-16-7-4-5-9-18(16)19/h4-15H,3H2,1-2H3,(H,24,28)/t15-/m1/s1. The van der Waals surface area contributed by atoms with E-state index < -0.39 is 0 Å². The van der Waals surface area contributed by atoms with Crippen molar-refractivity contribution in [2.75, 3.05) is 5.32 Å². The van der Waals surface area contributed by atoms with Crippen LogP contribution in [0.4, 0.5) is 5.69 Å². The van der Waals surface area contributed by atoms with Crippen LogP contribution in [0.2, 0.25) is 0 Å². The zero-order valence-electron chi connectivity index (χ0n) is 16.2. The van der Waals surface area contributed by atoms with Gasteiger partial charge in [-0.1, -0.05) is 48.2 Å². The number of anilines is 1. The van der Waals surface area contributed by atoms with Crippen LogP contribution in [0.15, 0.2) is 72.1 Å². The number of aromatic nitrogens is 4. The van der Waals surface area contributed by atoms with E-state index in [1.807, 2.05) is 73.0 Å². The molecule has 6 nitrogen and oxygen atoms in total. The molecule has 146 valence electrons. The second kappa shape index (κ2) is 8.45. The van der Waals surface area contributed by atoms with Crippen molar-refractivity contribution in [3.8, 4) is 11.4 Å². The Morgan fingerprint density at radius 2 is 1.83 bits per heavy atom. The fourth-order valence-electron chi connectivity index (χ4n) is 3.16. The minimum absolute atomic E-state index is 0.0672. The zero-order chi connectivity index (χ0) is 20.2. The van der Waals surface area contributed by atoms with E-state index >= 15 is 0 Å². The Labute approximate surface area is 173 Å². The number of benzene rings is 2. The van der Waals surface area contributed by atoms with Crippen molar-refractivity contribution >= 4 is 34.1 Å². The smallest absolute Gasteiger partial charge is 0.237 e. The molecule has 0 spiro atoms. The molecule has 0 saturated carbocycles. The quantitative estimate of drug-likeness (QED) is 0.475. The van der Waals surface area contributed by atoms with Crippen LogP contribution < -0.4 is 5.32 Å². The molecule has 0 unspecified atom stereocenters. The molecule has 1 atom stereocenters. The van der Waals surface area contributed by atoms with Gasteiger partial charge in [0.25, 0.3) is 0 Å². The van der Waals surface area contributed by atoms with E-state index in [1.165, 1.54) is 11.8 Å². The van der Waals surface area contributed by atoms with Crippen LogP contribution in [0.5, 0.6) is 0 Å². The number of hydrogen-bond acceptors (Lipinski definition) is 5. The second-order valence-corrected chi connectivity index (χ2v) is 7.87. The molecule has 7 heteroatoms. The number of carbonyl (C=O) groups is 1. The third kappa shape index (κ3) is 4.00. The minimum Gasteiger partial charge on any atom is -0.325 e. The van der Waals surface area contributed by atoms with E-state index in [1.54, 1.807) is 12.4 Å². The molecule has 2 heterocycles. The summed E-state index contributed by atoms with van der Waals surface area (Å²) in [7, 11) is 0. The molecule has 0 bridgehead atoms. The summed E-state index contributed by atoms with van der Waals surface area (Å²) in [6.45, 7) is 4.63. The average molecular weight is 404 g/mol. The molecule has 0 aliphatic heterocycles. The summed E-state index contributed by atoms with van der Waals surface area (Å²) in [5.41, 5.74) is 1.77. The van der Waals surface area contributed by atoms with Gasteiger partial charge in [-0.3, -0.25) is 9.78 Å². The van der Waals surface area contributed by atoms with Gasteiger partial charge in [-0.2, -0.15) is 0 Å². The maximum atomic E-state index is 12.8. The van der Waals surface area contributed by atoms with E-state index in [2.05, 4.69) is 20.5 Å². The number of pyridine rings is 1. The SMILES string of the molecule is CCn1c(S[C@H](C)C(=O)Nc2cccc3ccccc23)nnc1-c1ccncc1. The molecule has 1 amide bonds. The second-order valence-electron chi connectivity index (χ2n) is 6.56. The van der Waals surface area contributed by atoms with Crippen molar-refractivity contribution in [1.29, 1.82) is 0 Å². The Balaban J connectivity index is 1.53. The highest BCUT2D eigenvalue weighted by molar-refractivity contribution is 8.00. The number of rotatable bonds is 6. The van der Waals surface area contributed by atoms with Crippen LogP contribution in [-0.2, 0) is 11.3 Å². The first-order valence-electron chi connectivity index (χ1n) is 9.46. The molecule has 0 saturated heterocycles. The van der Waals surface area contributed by atoms with Crippen molar-refractivity contribution < 1.29 is 4.79 Å². The number of thioether (sulfide) groups is 1. The van der Waals surface area contributed by atoms with Crippen LogP contribution >= 0.6 is 11.8 Å². The number of fused-ring (bicyclic) bond motifs is 1. The lowest BCUT2D eigenvalue weighted by Gasteiger charge is -2.14. The van der Waals surface area contributed by atoms with Crippen molar-refractivity contribution in [2.24, 2.45) is 0 Å². The number of amides is 1. The van der Waals surface area contributed by atoms with Gasteiger partial charge in [0.15, 0.2) is 11.0 Å². The zero-order valence-corrected chi connectivity index (χ0v) is 17.1. The normalized spacial score (nSPS) is 12.1. The summed E-state index contributed by atoms with van der Waals surface area (Å²) >= 11 is 1.40. The van der Waals surface area contributed by atoms with Gasteiger partial charge >= 0.3 is 0 Å². The first kappa shape index (κ1) is 19.1. The third-order valence-electron chi connectivity index (χ3n) is 4.67. The molecule has 2 aromatic carbocycles. The predicted octanol–water partition coefficient (Wildman–Crippen LogP) is 4.63. The summed E-state index contributed by atoms with van der Waals surface area (Å²) < 4.78 is 2.02. The predicted molar refractivity (Wildman–Crippen MR) is 117 cm³/mol. The first-order chi connectivity index (χ1) is 14.2. The largest absolute Gasteiger partial charge is 0.325 e. The summed E-state index contributed by atoms with van der Waals surface area (Å²) in [5.74, 6) is 0.710. The summed E-state index contributed by atoms with van der Waals surface area (Å²) in [5, 5.41) is 14.2. The summed E-state index contributed by atoms with van der Waals surface area (Å²) in [6, 6.07) is 17.7. The number of nitrogens with one attached hydrogen (secondary N) is 1. The maximum absolute atomic E-state index is 12.8. The fraction of sp³-hybridized carbons (Fsp3) is 0.182. The highest BCUT2D eigenvalue weighted by Gasteiger charge is 2.20. The lowest BCUT2D eigenvalue weighted by atomic mass is 10.1. The van der Waals surface area contributed by atoms with Crippen LogP contribution in [0.25, 0.3) is 22.2 Å². The number of nitrogens with zero attached hydrogens (tertiary/aromatic N) is 4. The van der Waals surface area contributed by atoms with Gasteiger partial charge in [-0.05, 0) is 37.4 Å². The van der Waals surface area contributed by atoms with Gasteiger partial charge < -0.3 is 9.88 Å². The summed E-state index contributed by atoms with van der Waals surface area (Å²) in [4.78, 5) is 16.9. The molecule has 0 radical (unpaired) electrons. The molecule has 1 N–H and O–H groups in total. The Bertz CT molecular complexity index is 1140. The van der Waals surface area contributed by atoms with Gasteiger partial charge in [-0.25, -0.2) is 0 Å². The molecule has 0 fully saturated rings. The van der Waals surface area contributed by atoms with Crippen LogP contribution in [0.1, 0.15) is 13.8 Å². The third-order valence-corrected chi connectivity index (χ3v) is 5.75. The Morgan fingerprint density at radius 3 is 2.62 bits per heavy atom. The van der Waals surface area contributed by atoms with Gasteiger partial charge in [0.2, 0.25) is 5.91 Å². The number of hydrogen-bond donors (Lipinski definition) is 1. The molecule has 4 rings (SSSR count). The van der Waals surface area contributed by atoms with Crippen LogP contribution in [0, 0.1) is 0 Å². The van der Waals surface area contributed by atoms with E-state index in [0.717, 1.165) is 33.0 Å². The van der Waals surface area contributed by atoms with Gasteiger partial charge in [0, 0.05) is 35.6 Å². The Kier molecular flexibility index (Phi) is 5.57. The lowest BCUT2D eigenvalue weighted by Crippen LogP contribution is -2.23. The van der Waals surface area contributed by atoms with E-state index in [0.29, 0.717) is 6.54 Å². The van der Waals surface area contributed by atoms with E-state index in [-0.39, 0.29) is 11.2 Å². The van der Waals surface area contributed by atoms with Crippen molar-refractivity contribution in [3.63, 3.8) is 0 Å². The van der Waals surface area contributed by atoms with Crippen molar-refractivity contribution in [3.05, 3.63) is 67.0 Å². The Hall–Kier alpha value is -3.19. The van der Waals surface area contributed by atoms with Gasteiger partial charge in [-0.15, -0.1) is 10.2 Å². The highest BCUT2D eigenvalue weighted by Crippen LogP contribution is 2.28. The van der Waals surface area contributed by atoms with E-state index in [9.17, 15) is 4.79 Å². The highest BCUT2D eigenvalue weighted by atomic mass is 32.2. The molecule has 0 aliphatic carbocycles. The molecular formula is C22H21N5OS. The van der Waals surface area contributed by atoms with Crippen molar-refractivity contribution in [2.45, 2.75) is 30.8 Å². The minimum atomic E-state index is -0.325. The van der Waals surface area contributed by atoms with Gasteiger partial charge in [0.1, 0.15) is 0 Å². The average Bonchev–Trinajstić information content (AvgIpc) is 3.17. The first-order valence-corrected chi connectivity index (χ1v) is 10.3.